The maximum Gasteiger partial charge on any atom is 0.193 e. The Labute approximate surface area is 156 Å². The molecule has 2 aliphatic heterocycles. The van der Waals surface area contributed by atoms with Crippen LogP contribution in [0.1, 0.15) is 37.7 Å². The molecule has 1 aliphatic carbocycles. The Morgan fingerprint density at radius 2 is 2.00 bits per heavy atom. The van der Waals surface area contributed by atoms with Crippen LogP contribution in [-0.2, 0) is 5.41 Å². The first-order valence-electron chi connectivity index (χ1n) is 10.1. The summed E-state index contributed by atoms with van der Waals surface area (Å²) in [4.78, 5) is 9.51. The molecule has 3 aliphatic rings. The fraction of sp³-hybridized carbons (Fsp3) is 0.667. The molecule has 0 spiro atoms. The second-order valence-corrected chi connectivity index (χ2v) is 8.27. The lowest BCUT2D eigenvalue weighted by atomic mass is 9.95. The summed E-state index contributed by atoms with van der Waals surface area (Å²) in [5.41, 5.74) is 0.812. The Hall–Kier alpha value is -1.62. The molecule has 0 amide bonds. The molecule has 1 aromatic carbocycles. The molecule has 26 heavy (non-hydrogen) atoms. The monoisotopic (exact) mass is 358 g/mol. The molecule has 1 N–H and O–H groups in total. The quantitative estimate of drug-likeness (QED) is 0.649. The summed E-state index contributed by atoms with van der Waals surface area (Å²) in [5.74, 6) is 1.65. The van der Waals surface area contributed by atoms with Gasteiger partial charge in [0.1, 0.15) is 5.82 Å². The normalized spacial score (nSPS) is 25.7. The largest absolute Gasteiger partial charge is 0.355 e. The van der Waals surface area contributed by atoms with E-state index < -0.39 is 0 Å². The van der Waals surface area contributed by atoms with Crippen LogP contribution in [0, 0.1) is 11.7 Å². The van der Waals surface area contributed by atoms with Gasteiger partial charge < -0.3 is 15.1 Å². The maximum absolute atomic E-state index is 14.2. The van der Waals surface area contributed by atoms with E-state index in [0.717, 1.165) is 49.9 Å². The fourth-order valence-electron chi connectivity index (χ4n) is 4.67. The van der Waals surface area contributed by atoms with E-state index in [1.54, 1.807) is 12.1 Å². The molecular formula is C21H31FN4. The van der Waals surface area contributed by atoms with E-state index >= 15 is 0 Å². The Morgan fingerprint density at radius 1 is 1.23 bits per heavy atom. The van der Waals surface area contributed by atoms with Crippen molar-refractivity contribution in [3.8, 4) is 0 Å². The zero-order chi connectivity index (χ0) is 18.0. The van der Waals surface area contributed by atoms with Gasteiger partial charge in [-0.05, 0) is 62.7 Å². The molecule has 0 bridgehead atoms. The third kappa shape index (κ3) is 3.73. The Kier molecular flexibility index (Phi) is 5.16. The topological polar surface area (TPSA) is 30.9 Å². The van der Waals surface area contributed by atoms with E-state index in [2.05, 4.69) is 20.1 Å². The zero-order valence-corrected chi connectivity index (χ0v) is 15.9. The predicted octanol–water partition coefficient (Wildman–Crippen LogP) is 2.85. The summed E-state index contributed by atoms with van der Waals surface area (Å²) in [6.07, 6.45) is 6.07. The van der Waals surface area contributed by atoms with Crippen molar-refractivity contribution in [1.29, 1.82) is 0 Å². The van der Waals surface area contributed by atoms with E-state index in [0.29, 0.717) is 0 Å². The third-order valence-corrected chi connectivity index (χ3v) is 6.40. The lowest BCUT2D eigenvalue weighted by molar-refractivity contribution is 0.281. The molecule has 0 radical (unpaired) electrons. The van der Waals surface area contributed by atoms with Crippen LogP contribution in [0.4, 0.5) is 4.39 Å². The molecule has 142 valence electrons. The Balaban J connectivity index is 1.32. The SMILES string of the molecule is CN=C(NCC1(c2ccccc2F)CC1)N1CCC(CN2CCCC2)C1. The first kappa shape index (κ1) is 17.8. The summed E-state index contributed by atoms with van der Waals surface area (Å²) in [7, 11) is 1.86. The highest BCUT2D eigenvalue weighted by Gasteiger charge is 2.46. The number of nitrogens with one attached hydrogen (secondary N) is 1. The zero-order valence-electron chi connectivity index (χ0n) is 15.9. The van der Waals surface area contributed by atoms with Crippen LogP contribution >= 0.6 is 0 Å². The number of halogens is 1. The van der Waals surface area contributed by atoms with Gasteiger partial charge in [0.05, 0.1) is 0 Å². The highest BCUT2D eigenvalue weighted by Crippen LogP contribution is 2.48. The van der Waals surface area contributed by atoms with E-state index in [1.807, 2.05) is 19.2 Å². The molecule has 4 rings (SSSR count). The van der Waals surface area contributed by atoms with Crippen LogP contribution in [-0.4, -0.2) is 62.1 Å². The first-order valence-corrected chi connectivity index (χ1v) is 10.1. The van der Waals surface area contributed by atoms with Crippen LogP contribution in [0.25, 0.3) is 0 Å². The van der Waals surface area contributed by atoms with Gasteiger partial charge in [0.25, 0.3) is 0 Å². The van der Waals surface area contributed by atoms with E-state index in [4.69, 9.17) is 0 Å². The number of rotatable bonds is 5. The number of hydrogen-bond donors (Lipinski definition) is 1. The average molecular weight is 359 g/mol. The summed E-state index contributed by atoms with van der Waals surface area (Å²) >= 11 is 0. The first-order chi connectivity index (χ1) is 12.7. The molecule has 5 heteroatoms. The minimum Gasteiger partial charge on any atom is -0.355 e. The molecule has 2 heterocycles. The third-order valence-electron chi connectivity index (χ3n) is 6.40. The Bertz CT molecular complexity index is 649. The van der Waals surface area contributed by atoms with E-state index in [1.165, 1.54) is 38.9 Å². The minimum atomic E-state index is -0.0753. The number of hydrogen-bond acceptors (Lipinski definition) is 2. The lowest BCUT2D eigenvalue weighted by Gasteiger charge is -2.25. The van der Waals surface area contributed by atoms with E-state index in [-0.39, 0.29) is 11.2 Å². The smallest absolute Gasteiger partial charge is 0.193 e. The molecule has 4 nitrogen and oxygen atoms in total. The van der Waals surface area contributed by atoms with Crippen LogP contribution in [0.5, 0.6) is 0 Å². The molecule has 1 atom stereocenters. The number of guanidine groups is 1. The van der Waals surface area contributed by atoms with Gasteiger partial charge in [0.15, 0.2) is 5.96 Å². The molecular weight excluding hydrogens is 327 g/mol. The van der Waals surface area contributed by atoms with Crippen molar-refractivity contribution in [2.24, 2.45) is 10.9 Å². The van der Waals surface area contributed by atoms with Crippen molar-refractivity contribution in [1.82, 2.24) is 15.1 Å². The van der Waals surface area contributed by atoms with Gasteiger partial charge in [-0.2, -0.15) is 0 Å². The molecule has 1 unspecified atom stereocenters. The van der Waals surface area contributed by atoms with Crippen molar-refractivity contribution in [3.63, 3.8) is 0 Å². The molecule has 2 saturated heterocycles. The van der Waals surface area contributed by atoms with E-state index in [9.17, 15) is 4.39 Å². The van der Waals surface area contributed by atoms with Crippen LogP contribution < -0.4 is 5.32 Å². The second kappa shape index (κ2) is 7.55. The Morgan fingerprint density at radius 3 is 2.69 bits per heavy atom. The van der Waals surface area contributed by atoms with Gasteiger partial charge in [-0.3, -0.25) is 4.99 Å². The summed E-state index contributed by atoms with van der Waals surface area (Å²) < 4.78 is 14.2. The van der Waals surface area contributed by atoms with Gasteiger partial charge in [0.2, 0.25) is 0 Å². The molecule has 1 saturated carbocycles. The highest BCUT2D eigenvalue weighted by molar-refractivity contribution is 5.80. The molecule has 0 aromatic heterocycles. The molecule has 1 aromatic rings. The maximum atomic E-state index is 14.2. The second-order valence-electron chi connectivity index (χ2n) is 8.27. The van der Waals surface area contributed by atoms with Crippen LogP contribution in [0.3, 0.4) is 0 Å². The van der Waals surface area contributed by atoms with Gasteiger partial charge in [-0.1, -0.05) is 18.2 Å². The minimum absolute atomic E-state index is 0.0457. The van der Waals surface area contributed by atoms with Crippen molar-refractivity contribution < 1.29 is 4.39 Å². The highest BCUT2D eigenvalue weighted by atomic mass is 19.1. The van der Waals surface area contributed by atoms with Gasteiger partial charge in [0, 0.05) is 38.6 Å². The van der Waals surface area contributed by atoms with Crippen molar-refractivity contribution in [2.45, 2.75) is 37.5 Å². The predicted molar refractivity (Wildman–Crippen MR) is 104 cm³/mol. The fourth-order valence-corrected chi connectivity index (χ4v) is 4.67. The lowest BCUT2D eigenvalue weighted by Crippen LogP contribution is -2.43. The summed E-state index contributed by atoms with van der Waals surface area (Å²) in [6.45, 7) is 6.71. The van der Waals surface area contributed by atoms with Crippen molar-refractivity contribution >= 4 is 5.96 Å². The van der Waals surface area contributed by atoms with Crippen molar-refractivity contribution in [2.75, 3.05) is 46.3 Å². The average Bonchev–Trinajstić information content (AvgIpc) is 3.04. The number of nitrogens with zero attached hydrogens (tertiary/aromatic N) is 3. The number of benzene rings is 1. The standard InChI is InChI=1S/C21H31FN4/c1-23-20(26-13-8-17(15-26)14-25-11-4-5-12-25)24-16-21(9-10-21)18-6-2-3-7-19(18)22/h2-3,6-7,17H,4-5,8-16H2,1H3,(H,23,24). The van der Waals surface area contributed by atoms with Crippen LogP contribution in [0.15, 0.2) is 29.3 Å². The molecule has 3 fully saturated rings. The van der Waals surface area contributed by atoms with Crippen molar-refractivity contribution in [3.05, 3.63) is 35.6 Å². The van der Waals surface area contributed by atoms with Gasteiger partial charge >= 0.3 is 0 Å². The number of likely N-dealkylation sites (tertiary alicyclic amines) is 2. The van der Waals surface area contributed by atoms with Gasteiger partial charge in [-0.25, -0.2) is 4.39 Å². The summed E-state index contributed by atoms with van der Waals surface area (Å²) in [5, 5.41) is 3.55. The van der Waals surface area contributed by atoms with Crippen LogP contribution in [0.2, 0.25) is 0 Å². The summed E-state index contributed by atoms with van der Waals surface area (Å²) in [6, 6.07) is 7.23. The van der Waals surface area contributed by atoms with Gasteiger partial charge in [-0.15, -0.1) is 0 Å². The number of aliphatic imine (C=N–C) groups is 1.